The van der Waals surface area contributed by atoms with Gasteiger partial charge in [-0.3, -0.25) is 0 Å². The van der Waals surface area contributed by atoms with Crippen LogP contribution in [0.1, 0.15) is 26.7 Å². The van der Waals surface area contributed by atoms with Crippen LogP contribution < -0.4 is 10.4 Å². The van der Waals surface area contributed by atoms with Gasteiger partial charge in [0, 0.05) is 6.42 Å². The zero-order valence-electron chi connectivity index (χ0n) is 14.4. The van der Waals surface area contributed by atoms with Crippen molar-refractivity contribution in [2.24, 2.45) is 0 Å². The average Bonchev–Trinajstić information content (AvgIpc) is 3.01. The third-order valence-electron chi connectivity index (χ3n) is 4.76. The Morgan fingerprint density at radius 1 is 1.00 bits per heavy atom. The molecule has 126 valence electrons. The van der Waals surface area contributed by atoms with Crippen molar-refractivity contribution in [1.29, 1.82) is 0 Å². The Kier molecular flexibility index (Phi) is 5.75. The molecule has 3 heteroatoms. The van der Waals surface area contributed by atoms with Crippen molar-refractivity contribution in [2.45, 2.75) is 37.8 Å². The molecule has 0 saturated carbocycles. The van der Waals surface area contributed by atoms with Crippen molar-refractivity contribution >= 4 is 35.1 Å². The van der Waals surface area contributed by atoms with Crippen LogP contribution in [-0.4, -0.2) is 21.5 Å². The van der Waals surface area contributed by atoms with Crippen molar-refractivity contribution in [2.75, 3.05) is 6.61 Å². The number of ether oxygens (including phenoxy) is 1. The van der Waals surface area contributed by atoms with E-state index >= 15 is 0 Å². The summed E-state index contributed by atoms with van der Waals surface area (Å²) in [6.45, 7) is 5.56. The molecular weight excluding hydrogens is 376 g/mol. The van der Waals surface area contributed by atoms with Crippen molar-refractivity contribution in [1.82, 2.24) is 0 Å². The molecule has 2 aromatic rings. The van der Waals surface area contributed by atoms with Crippen LogP contribution in [0.2, 0.25) is 5.04 Å². The number of rotatable bonds is 6. The Balaban J connectivity index is 1.81. The molecule has 0 fully saturated rings. The molecule has 0 aliphatic heterocycles. The summed E-state index contributed by atoms with van der Waals surface area (Å²) in [5.41, 5.74) is 0. The van der Waals surface area contributed by atoms with Crippen LogP contribution in [-0.2, 0) is 4.74 Å². The second-order valence-corrected chi connectivity index (χ2v) is 12.0. The van der Waals surface area contributed by atoms with E-state index in [-0.39, 0.29) is 5.04 Å². The summed E-state index contributed by atoms with van der Waals surface area (Å²) in [6, 6.07) is 22.0. The fourth-order valence-electron chi connectivity index (χ4n) is 3.57. The van der Waals surface area contributed by atoms with Gasteiger partial charge in [0.15, 0.2) is 0 Å². The van der Waals surface area contributed by atoms with E-state index in [1.165, 1.54) is 14.9 Å². The molecule has 1 nitrogen and oxygen atoms in total. The van der Waals surface area contributed by atoms with Gasteiger partial charge in [0.1, 0.15) is 8.80 Å². The monoisotopic (exact) mass is 400 g/mol. The van der Waals surface area contributed by atoms with E-state index in [2.05, 4.69) is 96.5 Å². The highest BCUT2D eigenvalue weighted by Crippen LogP contribution is 2.32. The normalized spacial score (nSPS) is 18.0. The van der Waals surface area contributed by atoms with Gasteiger partial charge >= 0.3 is 0 Å². The first kappa shape index (κ1) is 17.7. The largest absolute Gasteiger partial charge is 0.377 e. The Hall–Kier alpha value is -1.16. The molecule has 1 aliphatic rings. The van der Waals surface area contributed by atoms with Gasteiger partial charge in [-0.1, -0.05) is 107 Å². The maximum atomic E-state index is 6.31. The fourth-order valence-corrected chi connectivity index (χ4v) is 7.79. The lowest BCUT2D eigenvalue weighted by molar-refractivity contribution is 0.0473. The van der Waals surface area contributed by atoms with Crippen LogP contribution >= 0.6 is 15.9 Å². The van der Waals surface area contributed by atoms with Crippen LogP contribution in [0.25, 0.3) is 0 Å². The quantitative estimate of drug-likeness (QED) is 0.657. The molecule has 3 rings (SSSR count). The van der Waals surface area contributed by atoms with E-state index in [0.29, 0.717) is 6.10 Å². The van der Waals surface area contributed by atoms with Crippen molar-refractivity contribution in [3.8, 4) is 0 Å². The van der Waals surface area contributed by atoms with Gasteiger partial charge < -0.3 is 4.74 Å². The van der Waals surface area contributed by atoms with Crippen LogP contribution in [0, 0.1) is 0 Å². The third kappa shape index (κ3) is 4.27. The molecule has 0 bridgehead atoms. The van der Waals surface area contributed by atoms with Gasteiger partial charge in [0.2, 0.25) is 0 Å². The predicted molar refractivity (Wildman–Crippen MR) is 109 cm³/mol. The van der Waals surface area contributed by atoms with Gasteiger partial charge in [-0.2, -0.15) is 0 Å². The van der Waals surface area contributed by atoms with Crippen molar-refractivity contribution in [3.63, 3.8) is 0 Å². The molecule has 0 amide bonds. The highest BCUT2D eigenvalue weighted by atomic mass is 79.9. The molecule has 0 aromatic heterocycles. The van der Waals surface area contributed by atoms with E-state index in [4.69, 9.17) is 4.74 Å². The molecule has 0 spiro atoms. The number of hydrogen-bond donors (Lipinski definition) is 0. The summed E-state index contributed by atoms with van der Waals surface area (Å²) in [6.07, 6.45) is 4.61. The SMILES string of the molecule is CC(C)(COC1CC=C(Br)C1)[SiH](c1ccccc1)c1ccccc1. The van der Waals surface area contributed by atoms with Crippen molar-refractivity contribution < 1.29 is 4.74 Å². The maximum absolute atomic E-state index is 6.31. The molecule has 24 heavy (non-hydrogen) atoms. The molecular formula is C21H25BrOSi. The van der Waals surface area contributed by atoms with Crippen LogP contribution in [0.4, 0.5) is 0 Å². The van der Waals surface area contributed by atoms with Gasteiger partial charge in [-0.25, -0.2) is 0 Å². The van der Waals surface area contributed by atoms with Crippen LogP contribution in [0.3, 0.4) is 0 Å². The molecule has 0 N–H and O–H groups in total. The average molecular weight is 401 g/mol. The first-order chi connectivity index (χ1) is 11.6. The molecule has 0 saturated heterocycles. The lowest BCUT2D eigenvalue weighted by Gasteiger charge is -2.35. The van der Waals surface area contributed by atoms with E-state index < -0.39 is 8.80 Å². The fraction of sp³-hybridized carbons (Fsp3) is 0.333. The van der Waals surface area contributed by atoms with E-state index in [1.54, 1.807) is 0 Å². The molecule has 1 aliphatic carbocycles. The van der Waals surface area contributed by atoms with Gasteiger partial charge in [-0.15, -0.1) is 0 Å². The highest BCUT2D eigenvalue weighted by Gasteiger charge is 2.35. The summed E-state index contributed by atoms with van der Waals surface area (Å²) in [5.74, 6) is 0. The Labute approximate surface area is 155 Å². The molecule has 2 aromatic carbocycles. The van der Waals surface area contributed by atoms with Crippen molar-refractivity contribution in [3.05, 3.63) is 71.2 Å². The first-order valence-corrected chi connectivity index (χ1v) is 11.1. The van der Waals surface area contributed by atoms with Crippen LogP contribution in [0.5, 0.6) is 0 Å². The highest BCUT2D eigenvalue weighted by molar-refractivity contribution is 9.11. The Morgan fingerprint density at radius 2 is 1.54 bits per heavy atom. The first-order valence-electron chi connectivity index (χ1n) is 8.62. The Morgan fingerprint density at radius 3 is 2.00 bits per heavy atom. The minimum atomic E-state index is -1.39. The van der Waals surface area contributed by atoms with Gasteiger partial charge in [0.05, 0.1) is 12.7 Å². The van der Waals surface area contributed by atoms with E-state index in [1.807, 2.05) is 0 Å². The summed E-state index contributed by atoms with van der Waals surface area (Å²) >= 11 is 3.59. The predicted octanol–water partition coefficient (Wildman–Crippen LogP) is 4.27. The zero-order valence-corrected chi connectivity index (χ0v) is 17.2. The van der Waals surface area contributed by atoms with E-state index in [9.17, 15) is 0 Å². The van der Waals surface area contributed by atoms with E-state index in [0.717, 1.165) is 19.4 Å². The number of hydrogen-bond acceptors (Lipinski definition) is 1. The number of halogens is 1. The summed E-state index contributed by atoms with van der Waals surface area (Å²) < 4.78 is 7.60. The maximum Gasteiger partial charge on any atom is 0.110 e. The molecule has 0 radical (unpaired) electrons. The minimum Gasteiger partial charge on any atom is -0.377 e. The zero-order chi connectivity index (χ0) is 17.0. The topological polar surface area (TPSA) is 9.23 Å². The van der Waals surface area contributed by atoms with Gasteiger partial charge in [-0.05, 0) is 15.9 Å². The number of benzene rings is 2. The lowest BCUT2D eigenvalue weighted by Crippen LogP contribution is -2.51. The molecule has 1 unspecified atom stereocenters. The second kappa shape index (κ2) is 7.81. The summed E-state index contributed by atoms with van der Waals surface area (Å²) in [7, 11) is -1.39. The van der Waals surface area contributed by atoms with Crippen LogP contribution in [0.15, 0.2) is 71.2 Å². The molecule has 1 atom stereocenters. The summed E-state index contributed by atoms with van der Waals surface area (Å²) in [5, 5.41) is 3.13. The standard InChI is InChI=1S/C21H25BrOSi/c1-21(2,16-23-18-14-13-17(22)15-18)24(19-9-5-3-6-10-19)20-11-7-4-8-12-20/h3-13,18,24H,14-16H2,1-2H3. The minimum absolute atomic E-state index is 0.151. The third-order valence-corrected chi connectivity index (χ3v) is 9.24. The summed E-state index contributed by atoms with van der Waals surface area (Å²) in [4.78, 5) is 0. The Bertz CT molecular complexity index is 642. The lowest BCUT2D eigenvalue weighted by atomic mass is 10.2. The second-order valence-electron chi connectivity index (χ2n) is 7.27. The molecule has 0 heterocycles. The smallest absolute Gasteiger partial charge is 0.110 e. The van der Waals surface area contributed by atoms with Gasteiger partial charge in [0.25, 0.3) is 0 Å².